The molecule has 0 bridgehead atoms. The summed E-state index contributed by atoms with van der Waals surface area (Å²) in [5, 5.41) is 1.06. The van der Waals surface area contributed by atoms with E-state index in [2.05, 4.69) is 0 Å². The third kappa shape index (κ3) is 7.95. The van der Waals surface area contributed by atoms with Crippen molar-refractivity contribution in [3.05, 3.63) is 47.4 Å². The van der Waals surface area contributed by atoms with Crippen LogP contribution in [0, 0.1) is 0 Å². The van der Waals surface area contributed by atoms with Gasteiger partial charge in [-0.3, -0.25) is 4.79 Å². The van der Waals surface area contributed by atoms with Crippen LogP contribution in [0.3, 0.4) is 0 Å². The molecule has 2 N–H and O–H groups in total. The zero-order valence-electron chi connectivity index (χ0n) is 13.2. The molecule has 6 heteroatoms. The van der Waals surface area contributed by atoms with Gasteiger partial charge in [0.2, 0.25) is 0 Å². The van der Waals surface area contributed by atoms with Gasteiger partial charge in [-0.15, -0.1) is 0 Å². The van der Waals surface area contributed by atoms with E-state index < -0.39 is 27.4 Å². The number of carbonyl (C=O) groups excluding carboxylic acids is 1. The van der Waals surface area contributed by atoms with Crippen molar-refractivity contribution in [2.24, 2.45) is 5.73 Å². The molecular weight excluding hydrogens is 302 g/mol. The van der Waals surface area contributed by atoms with Gasteiger partial charge in [-0.2, -0.15) is 0 Å². The fourth-order valence-electron chi connectivity index (χ4n) is 1.72. The second kappa shape index (κ2) is 7.56. The third-order valence-corrected chi connectivity index (χ3v) is 3.87. The van der Waals surface area contributed by atoms with E-state index in [0.717, 1.165) is 5.41 Å². The zero-order chi connectivity index (χ0) is 16.8. The summed E-state index contributed by atoms with van der Waals surface area (Å²) in [4.78, 5) is 11.6. The normalized spacial score (nSPS) is 14.0. The SMILES string of the molecule is CC(C)(C)OC(=O)C[C@H](N)/C=C/S(=O)(=O)Cc1ccccc1. The highest BCUT2D eigenvalue weighted by atomic mass is 32.2. The van der Waals surface area contributed by atoms with Gasteiger partial charge in [0, 0.05) is 11.4 Å². The maximum Gasteiger partial charge on any atom is 0.308 e. The van der Waals surface area contributed by atoms with Crippen molar-refractivity contribution in [1.29, 1.82) is 0 Å². The standard InChI is InChI=1S/C16H23NO4S/c1-16(2,3)21-15(18)11-14(17)9-10-22(19,20)12-13-7-5-4-6-8-13/h4-10,14H,11-12,17H2,1-3H3/b10-9+/t14-/m1/s1. The van der Waals surface area contributed by atoms with Crippen LogP contribution in [0.4, 0.5) is 0 Å². The lowest BCUT2D eigenvalue weighted by molar-refractivity contribution is -0.154. The topological polar surface area (TPSA) is 86.5 Å². The molecule has 0 saturated heterocycles. The summed E-state index contributed by atoms with van der Waals surface area (Å²) in [6.07, 6.45) is 1.26. The van der Waals surface area contributed by atoms with Gasteiger partial charge in [0.05, 0.1) is 12.2 Å². The second-order valence-electron chi connectivity index (χ2n) is 6.08. The van der Waals surface area contributed by atoms with Crippen LogP contribution in [0.1, 0.15) is 32.8 Å². The lowest BCUT2D eigenvalue weighted by Crippen LogP contribution is -2.29. The van der Waals surface area contributed by atoms with Crippen LogP contribution < -0.4 is 5.73 Å². The highest BCUT2D eigenvalue weighted by Gasteiger charge is 2.18. The molecule has 0 amide bonds. The Morgan fingerprint density at radius 3 is 2.41 bits per heavy atom. The Labute approximate surface area is 132 Å². The molecule has 122 valence electrons. The summed E-state index contributed by atoms with van der Waals surface area (Å²) in [7, 11) is -3.41. The Bertz CT molecular complexity index is 615. The van der Waals surface area contributed by atoms with Crippen LogP contribution in [0.25, 0.3) is 0 Å². The first-order valence-electron chi connectivity index (χ1n) is 7.00. The van der Waals surface area contributed by atoms with Crippen molar-refractivity contribution in [3.63, 3.8) is 0 Å². The van der Waals surface area contributed by atoms with Crippen LogP contribution >= 0.6 is 0 Å². The van der Waals surface area contributed by atoms with Crippen LogP contribution in [0.15, 0.2) is 41.8 Å². The molecule has 0 spiro atoms. The summed E-state index contributed by atoms with van der Waals surface area (Å²) in [5.74, 6) is -0.547. The molecule has 0 aliphatic carbocycles. The first-order valence-corrected chi connectivity index (χ1v) is 8.71. The first kappa shape index (κ1) is 18.4. The van der Waals surface area contributed by atoms with Crippen LogP contribution in [0.2, 0.25) is 0 Å². The minimum Gasteiger partial charge on any atom is -0.460 e. The van der Waals surface area contributed by atoms with Gasteiger partial charge in [-0.05, 0) is 26.3 Å². The Balaban J connectivity index is 2.57. The van der Waals surface area contributed by atoms with Crippen LogP contribution in [0.5, 0.6) is 0 Å². The molecule has 1 rings (SSSR count). The number of sulfone groups is 1. The molecule has 0 fully saturated rings. The summed E-state index contributed by atoms with van der Waals surface area (Å²) in [5.41, 5.74) is 5.86. The highest BCUT2D eigenvalue weighted by Crippen LogP contribution is 2.10. The summed E-state index contributed by atoms with van der Waals surface area (Å²) in [6, 6.07) is 8.17. The maximum atomic E-state index is 12.0. The van der Waals surface area contributed by atoms with Gasteiger partial charge in [-0.25, -0.2) is 8.42 Å². The average molecular weight is 325 g/mol. The molecule has 0 aliphatic rings. The quantitative estimate of drug-likeness (QED) is 0.810. The number of hydrogen-bond donors (Lipinski definition) is 1. The third-order valence-electron chi connectivity index (χ3n) is 2.57. The second-order valence-corrected chi connectivity index (χ2v) is 7.96. The Hall–Kier alpha value is -1.66. The highest BCUT2D eigenvalue weighted by molar-refractivity contribution is 7.93. The molecule has 5 nitrogen and oxygen atoms in total. The van der Waals surface area contributed by atoms with Crippen LogP contribution in [-0.4, -0.2) is 26.0 Å². The Morgan fingerprint density at radius 2 is 1.86 bits per heavy atom. The molecular formula is C16H23NO4S. The van der Waals surface area contributed by atoms with Gasteiger partial charge >= 0.3 is 5.97 Å². The van der Waals surface area contributed by atoms with Crippen molar-refractivity contribution in [1.82, 2.24) is 0 Å². The molecule has 0 aliphatic heterocycles. The average Bonchev–Trinajstić information content (AvgIpc) is 2.35. The van der Waals surface area contributed by atoms with Gasteiger partial charge in [-0.1, -0.05) is 36.4 Å². The van der Waals surface area contributed by atoms with Gasteiger partial charge in [0.15, 0.2) is 9.84 Å². The number of carbonyl (C=O) groups is 1. The predicted molar refractivity (Wildman–Crippen MR) is 86.6 cm³/mol. The number of ether oxygens (including phenoxy) is 1. The maximum absolute atomic E-state index is 12.0. The summed E-state index contributed by atoms with van der Waals surface area (Å²) >= 11 is 0. The van der Waals surface area contributed by atoms with E-state index >= 15 is 0 Å². The molecule has 22 heavy (non-hydrogen) atoms. The number of rotatable bonds is 6. The lowest BCUT2D eigenvalue weighted by atomic mass is 10.2. The monoisotopic (exact) mass is 325 g/mol. The minimum absolute atomic E-state index is 0.0609. The summed E-state index contributed by atoms with van der Waals surface area (Å²) < 4.78 is 29.1. The van der Waals surface area contributed by atoms with Crippen molar-refractivity contribution in [3.8, 4) is 0 Å². The first-order chi connectivity index (χ1) is 10.1. The van der Waals surface area contributed by atoms with Gasteiger partial charge in [0.1, 0.15) is 5.60 Å². The number of benzene rings is 1. The molecule has 0 unspecified atom stereocenters. The van der Waals surface area contributed by atoms with E-state index in [1.54, 1.807) is 45.0 Å². The largest absolute Gasteiger partial charge is 0.460 e. The fraction of sp³-hybridized carbons (Fsp3) is 0.438. The predicted octanol–water partition coefficient (Wildman–Crippen LogP) is 2.17. The van der Waals surface area contributed by atoms with Crippen molar-refractivity contribution >= 4 is 15.8 Å². The fourth-order valence-corrected chi connectivity index (χ4v) is 2.91. The van der Waals surface area contributed by atoms with E-state index in [4.69, 9.17) is 10.5 Å². The van der Waals surface area contributed by atoms with Crippen LogP contribution in [-0.2, 0) is 25.1 Å². The molecule has 0 heterocycles. The van der Waals surface area contributed by atoms with E-state index in [1.165, 1.54) is 6.08 Å². The van der Waals surface area contributed by atoms with Gasteiger partial charge < -0.3 is 10.5 Å². The molecule has 1 atom stereocenters. The van der Waals surface area contributed by atoms with Gasteiger partial charge in [0.25, 0.3) is 0 Å². The van der Waals surface area contributed by atoms with E-state index in [9.17, 15) is 13.2 Å². The number of nitrogens with two attached hydrogens (primary N) is 1. The molecule has 0 aromatic heterocycles. The van der Waals surface area contributed by atoms with E-state index in [1.807, 2.05) is 6.07 Å². The number of esters is 1. The van der Waals surface area contributed by atoms with E-state index in [-0.39, 0.29) is 12.2 Å². The Kier molecular flexibility index (Phi) is 6.32. The molecule has 1 aromatic carbocycles. The smallest absolute Gasteiger partial charge is 0.308 e. The molecule has 1 aromatic rings. The minimum atomic E-state index is -3.41. The number of hydrogen-bond acceptors (Lipinski definition) is 5. The molecule has 0 radical (unpaired) electrons. The van der Waals surface area contributed by atoms with E-state index in [0.29, 0.717) is 5.56 Å². The van der Waals surface area contributed by atoms with Crippen molar-refractivity contribution in [2.45, 2.75) is 44.6 Å². The van der Waals surface area contributed by atoms with Crippen molar-refractivity contribution < 1.29 is 17.9 Å². The lowest BCUT2D eigenvalue weighted by Gasteiger charge is -2.20. The molecule has 0 saturated carbocycles. The zero-order valence-corrected chi connectivity index (χ0v) is 14.0. The summed E-state index contributed by atoms with van der Waals surface area (Å²) in [6.45, 7) is 5.28. The Morgan fingerprint density at radius 1 is 1.27 bits per heavy atom. The van der Waals surface area contributed by atoms with Crippen molar-refractivity contribution in [2.75, 3.05) is 0 Å².